The Morgan fingerprint density at radius 2 is 1.68 bits per heavy atom. The lowest BCUT2D eigenvalue weighted by atomic mass is 9.97. The molecule has 0 saturated heterocycles. The molecule has 0 spiro atoms. The van der Waals surface area contributed by atoms with E-state index >= 15 is 0 Å². The first-order valence-corrected chi connectivity index (χ1v) is 7.00. The Labute approximate surface area is 125 Å². The summed E-state index contributed by atoms with van der Waals surface area (Å²) in [6, 6.07) is 9.77. The molecule has 4 heteroatoms. The van der Waals surface area contributed by atoms with Gasteiger partial charge in [-0.25, -0.2) is 8.78 Å². The largest absolute Gasteiger partial charge is 0.309 e. The van der Waals surface area contributed by atoms with E-state index in [1.54, 1.807) is 13.1 Å². The lowest BCUT2D eigenvalue weighted by molar-refractivity contribution is 0.487. The molecule has 19 heavy (non-hydrogen) atoms. The van der Waals surface area contributed by atoms with Crippen LogP contribution in [0.4, 0.5) is 8.78 Å². The van der Waals surface area contributed by atoms with Gasteiger partial charge in [0.25, 0.3) is 0 Å². The molecule has 100 valence electrons. The maximum Gasteiger partial charge on any atom is 0.163 e. The highest BCUT2D eigenvalue weighted by atomic mass is 127. The van der Waals surface area contributed by atoms with Gasteiger partial charge in [-0.1, -0.05) is 30.3 Å². The Kier molecular flexibility index (Phi) is 4.52. The lowest BCUT2D eigenvalue weighted by Crippen LogP contribution is -2.20. The Hall–Kier alpha value is -1.01. The average molecular weight is 373 g/mol. The molecule has 2 rings (SSSR count). The van der Waals surface area contributed by atoms with Crippen LogP contribution in [0.3, 0.4) is 0 Å². The second-order valence-electron chi connectivity index (χ2n) is 4.34. The molecular weight excluding hydrogens is 359 g/mol. The third-order valence-corrected chi connectivity index (χ3v) is 4.59. The van der Waals surface area contributed by atoms with Gasteiger partial charge in [-0.2, -0.15) is 0 Å². The van der Waals surface area contributed by atoms with E-state index in [4.69, 9.17) is 0 Å². The Morgan fingerprint density at radius 1 is 1.05 bits per heavy atom. The fourth-order valence-corrected chi connectivity index (χ4v) is 2.79. The Morgan fingerprint density at radius 3 is 2.37 bits per heavy atom. The van der Waals surface area contributed by atoms with Crippen LogP contribution in [0.25, 0.3) is 0 Å². The number of rotatable bonds is 3. The van der Waals surface area contributed by atoms with E-state index in [0.717, 1.165) is 20.8 Å². The first-order chi connectivity index (χ1) is 9.06. The van der Waals surface area contributed by atoms with Gasteiger partial charge in [-0.15, -0.1) is 0 Å². The fourth-order valence-electron chi connectivity index (χ4n) is 2.12. The van der Waals surface area contributed by atoms with Crippen molar-refractivity contribution in [1.29, 1.82) is 0 Å². The number of hydrogen-bond acceptors (Lipinski definition) is 1. The number of hydrogen-bond donors (Lipinski definition) is 1. The van der Waals surface area contributed by atoms with Gasteiger partial charge in [0.1, 0.15) is 0 Å². The molecule has 1 N–H and O–H groups in total. The quantitative estimate of drug-likeness (QED) is 0.796. The highest BCUT2D eigenvalue weighted by Crippen LogP contribution is 2.29. The van der Waals surface area contributed by atoms with E-state index in [9.17, 15) is 8.78 Å². The first kappa shape index (κ1) is 14.4. The van der Waals surface area contributed by atoms with Gasteiger partial charge < -0.3 is 5.32 Å². The zero-order valence-corrected chi connectivity index (χ0v) is 12.8. The minimum absolute atomic E-state index is 0.325. The van der Waals surface area contributed by atoms with Gasteiger partial charge in [0, 0.05) is 9.13 Å². The van der Waals surface area contributed by atoms with Gasteiger partial charge >= 0.3 is 0 Å². The van der Waals surface area contributed by atoms with Crippen molar-refractivity contribution in [1.82, 2.24) is 5.32 Å². The lowest BCUT2D eigenvalue weighted by Gasteiger charge is -2.20. The molecule has 0 aromatic heterocycles. The van der Waals surface area contributed by atoms with Crippen LogP contribution in [0.15, 0.2) is 36.4 Å². The van der Waals surface area contributed by atoms with Crippen LogP contribution in [-0.2, 0) is 0 Å². The summed E-state index contributed by atoms with van der Waals surface area (Å²) in [7, 11) is 1.74. The second kappa shape index (κ2) is 5.96. The van der Waals surface area contributed by atoms with Crippen molar-refractivity contribution < 1.29 is 8.78 Å². The van der Waals surface area contributed by atoms with E-state index in [0.29, 0.717) is 5.56 Å². The minimum atomic E-state index is -0.819. The summed E-state index contributed by atoms with van der Waals surface area (Å²) in [5, 5.41) is 3.06. The van der Waals surface area contributed by atoms with Crippen molar-refractivity contribution in [2.24, 2.45) is 0 Å². The molecule has 0 aliphatic heterocycles. The molecule has 1 unspecified atom stereocenters. The molecule has 1 atom stereocenters. The molecular formula is C15H14F2IN. The van der Waals surface area contributed by atoms with Crippen LogP contribution in [0.1, 0.15) is 22.7 Å². The predicted octanol–water partition coefficient (Wildman–Crippen LogP) is 4.19. The second-order valence-corrected chi connectivity index (χ2v) is 5.42. The van der Waals surface area contributed by atoms with Gasteiger partial charge in [-0.3, -0.25) is 0 Å². The standard InChI is InChI=1S/C15H14F2IN/c1-9-5-3-7-11(14(9)18)15(19-2)10-6-4-8-12(16)13(10)17/h3-8,15,19H,1-2H3. The van der Waals surface area contributed by atoms with Crippen LogP contribution in [0, 0.1) is 22.1 Å². The molecule has 2 aromatic carbocycles. The Bertz CT molecular complexity index is 547. The summed E-state index contributed by atoms with van der Waals surface area (Å²) in [5.41, 5.74) is 2.40. The summed E-state index contributed by atoms with van der Waals surface area (Å²) in [6.45, 7) is 2.00. The van der Waals surface area contributed by atoms with E-state index in [1.165, 1.54) is 6.07 Å². The molecule has 2 aromatic rings. The first-order valence-electron chi connectivity index (χ1n) is 5.92. The molecule has 0 fully saturated rings. The average Bonchev–Trinajstić information content (AvgIpc) is 2.40. The van der Waals surface area contributed by atoms with Crippen LogP contribution in [0.2, 0.25) is 0 Å². The number of aryl methyl sites for hydroxylation is 1. The zero-order chi connectivity index (χ0) is 14.0. The van der Waals surface area contributed by atoms with E-state index < -0.39 is 11.6 Å². The third-order valence-electron chi connectivity index (χ3n) is 3.11. The van der Waals surface area contributed by atoms with Crippen molar-refractivity contribution in [3.8, 4) is 0 Å². The normalized spacial score (nSPS) is 12.5. The fraction of sp³-hybridized carbons (Fsp3) is 0.200. The van der Waals surface area contributed by atoms with E-state index in [-0.39, 0.29) is 6.04 Å². The van der Waals surface area contributed by atoms with Crippen LogP contribution in [0.5, 0.6) is 0 Å². The zero-order valence-electron chi connectivity index (χ0n) is 10.7. The van der Waals surface area contributed by atoms with Crippen molar-refractivity contribution in [3.63, 3.8) is 0 Å². The number of halogens is 3. The minimum Gasteiger partial charge on any atom is -0.309 e. The maximum atomic E-state index is 13.9. The molecule has 1 nitrogen and oxygen atoms in total. The van der Waals surface area contributed by atoms with E-state index in [1.807, 2.05) is 25.1 Å². The molecule has 0 radical (unpaired) electrons. The summed E-state index contributed by atoms with van der Waals surface area (Å²) >= 11 is 2.23. The molecule has 0 aliphatic carbocycles. The van der Waals surface area contributed by atoms with Crippen LogP contribution >= 0.6 is 22.6 Å². The summed E-state index contributed by atoms with van der Waals surface area (Å²) in [4.78, 5) is 0. The van der Waals surface area contributed by atoms with Crippen molar-refractivity contribution in [2.75, 3.05) is 7.05 Å². The van der Waals surface area contributed by atoms with Crippen LogP contribution in [-0.4, -0.2) is 7.05 Å². The number of benzene rings is 2. The predicted molar refractivity (Wildman–Crippen MR) is 81.2 cm³/mol. The molecule has 0 saturated carbocycles. The molecule has 0 bridgehead atoms. The summed E-state index contributed by atoms with van der Waals surface area (Å²) < 4.78 is 28.4. The number of nitrogens with one attached hydrogen (secondary N) is 1. The molecule has 0 heterocycles. The SMILES string of the molecule is CNC(c1cccc(F)c1F)c1cccc(C)c1I. The van der Waals surface area contributed by atoms with Gasteiger partial charge in [-0.05, 0) is 53.8 Å². The van der Waals surface area contributed by atoms with E-state index in [2.05, 4.69) is 27.9 Å². The Balaban J connectivity index is 2.57. The van der Waals surface area contributed by atoms with Gasteiger partial charge in [0.15, 0.2) is 11.6 Å². The smallest absolute Gasteiger partial charge is 0.163 e. The maximum absolute atomic E-state index is 13.9. The summed E-state index contributed by atoms with van der Waals surface area (Å²) in [6.07, 6.45) is 0. The monoisotopic (exact) mass is 373 g/mol. The van der Waals surface area contributed by atoms with Crippen LogP contribution < -0.4 is 5.32 Å². The van der Waals surface area contributed by atoms with Crippen molar-refractivity contribution in [3.05, 3.63) is 68.3 Å². The molecule has 0 aliphatic rings. The van der Waals surface area contributed by atoms with Crippen molar-refractivity contribution >= 4 is 22.6 Å². The molecule has 0 amide bonds. The topological polar surface area (TPSA) is 12.0 Å². The highest BCUT2D eigenvalue weighted by Gasteiger charge is 2.20. The van der Waals surface area contributed by atoms with Gasteiger partial charge in [0.2, 0.25) is 0 Å². The highest BCUT2D eigenvalue weighted by molar-refractivity contribution is 14.1. The summed E-state index contributed by atoms with van der Waals surface area (Å²) in [5.74, 6) is -1.61. The third kappa shape index (κ3) is 2.79. The van der Waals surface area contributed by atoms with Crippen molar-refractivity contribution in [2.45, 2.75) is 13.0 Å². The van der Waals surface area contributed by atoms with Gasteiger partial charge in [0.05, 0.1) is 6.04 Å².